The first-order chi connectivity index (χ1) is 45.3. The number of nitrogens with one attached hydrogen (secondary N) is 5. The van der Waals surface area contributed by atoms with Crippen LogP contribution in [0.1, 0.15) is 200 Å². The summed E-state index contributed by atoms with van der Waals surface area (Å²) in [5.41, 5.74) is 11.9. The molecular weight excluding hydrogens is 1210 g/mol. The van der Waals surface area contributed by atoms with Gasteiger partial charge in [-0.05, 0) is 160 Å². The topological polar surface area (TPSA) is 309 Å². The van der Waals surface area contributed by atoms with E-state index >= 15 is 0 Å². The Labute approximate surface area is 549 Å². The number of methoxy groups -OCH3 is 1. The fourth-order valence-electron chi connectivity index (χ4n) is 12.8. The smallest absolute Gasteiger partial charge is 0.311 e. The summed E-state index contributed by atoms with van der Waals surface area (Å²) in [4.78, 5) is 74.9. The van der Waals surface area contributed by atoms with Gasteiger partial charge in [-0.1, -0.05) is 26.0 Å². The van der Waals surface area contributed by atoms with Crippen LogP contribution in [0.3, 0.4) is 0 Å². The fraction of sp³-hybridized carbons (Fsp3) is 0.420. The van der Waals surface area contributed by atoms with Gasteiger partial charge in [0.1, 0.15) is 17.5 Å². The normalized spacial score (nSPS) is 20.9. The van der Waals surface area contributed by atoms with E-state index in [0.29, 0.717) is 56.6 Å². The van der Waals surface area contributed by atoms with Crippen molar-refractivity contribution in [3.8, 4) is 11.6 Å². The van der Waals surface area contributed by atoms with Crippen molar-refractivity contribution < 1.29 is 27.9 Å². The van der Waals surface area contributed by atoms with Crippen molar-refractivity contribution in [1.29, 1.82) is 0 Å². The molecule has 95 heavy (non-hydrogen) atoms. The molecule has 2 atom stereocenters. The summed E-state index contributed by atoms with van der Waals surface area (Å²) in [7, 11) is 1.44. The first kappa shape index (κ1) is 66.3. The van der Waals surface area contributed by atoms with Gasteiger partial charge in [0.05, 0.1) is 83.6 Å². The first-order valence-electron chi connectivity index (χ1n) is 31.9. The van der Waals surface area contributed by atoms with Crippen LogP contribution >= 0.6 is 0 Å². The predicted octanol–water partition coefficient (Wildman–Crippen LogP) is 10.2. The van der Waals surface area contributed by atoms with Gasteiger partial charge in [0.2, 0.25) is 11.8 Å². The molecule has 3 aliphatic rings. The molecule has 0 aromatic carbocycles. The number of halogens is 2. The van der Waals surface area contributed by atoms with E-state index in [0.717, 1.165) is 122 Å². The monoisotopic (exact) mass is 1290 g/mol. The minimum atomic E-state index is -0.481. The van der Waals surface area contributed by atoms with Gasteiger partial charge in [0.25, 0.3) is 0 Å². The van der Waals surface area contributed by atoms with Crippen LogP contribution in [0.2, 0.25) is 0 Å². The van der Waals surface area contributed by atoms with Crippen LogP contribution in [-0.4, -0.2) is 115 Å². The molecule has 10 heterocycles. The van der Waals surface area contributed by atoms with Crippen LogP contribution in [0.15, 0.2) is 97.8 Å². The highest BCUT2D eigenvalue weighted by Crippen LogP contribution is 2.52. The summed E-state index contributed by atoms with van der Waals surface area (Å²) in [5.74, 6) is 2.97. The first-order valence-corrected chi connectivity index (χ1v) is 31.9. The number of aryl methyl sites for hydroxylation is 6. The van der Waals surface area contributed by atoms with Gasteiger partial charge in [-0.15, -0.1) is 0 Å². The molecule has 0 unspecified atom stereocenters. The molecular formula is C69H80F2N20O4. The lowest BCUT2D eigenvalue weighted by Crippen LogP contribution is -2.47. The predicted molar refractivity (Wildman–Crippen MR) is 347 cm³/mol. The molecule has 26 heteroatoms. The molecule has 13 rings (SSSR count). The molecule has 5 N–H and O–H groups in total. The summed E-state index contributed by atoms with van der Waals surface area (Å²) < 4.78 is 34.0. The number of ether oxygens (including phenoxy) is 1. The zero-order valence-electron chi connectivity index (χ0n) is 55.6. The molecule has 0 saturated heterocycles. The van der Waals surface area contributed by atoms with Crippen molar-refractivity contribution in [3.63, 3.8) is 0 Å². The number of rotatable bonds is 18. The minimum Gasteiger partial charge on any atom is -0.469 e. The summed E-state index contributed by atoms with van der Waals surface area (Å²) in [6.45, 7) is 21.6. The third-order valence-corrected chi connectivity index (χ3v) is 18.0. The Morgan fingerprint density at radius 1 is 0.505 bits per heavy atom. The molecule has 494 valence electrons. The van der Waals surface area contributed by atoms with Crippen molar-refractivity contribution in [3.05, 3.63) is 206 Å². The lowest BCUT2D eigenvalue weighted by atomic mass is 9.62. The second-order valence-electron chi connectivity index (χ2n) is 26.7. The number of carbonyl (C=O) groups excluding carboxylic acids is 3. The highest BCUT2D eigenvalue weighted by molar-refractivity contribution is 5.84. The average molecular weight is 1290 g/mol. The quantitative estimate of drug-likeness (QED) is 0.0499. The molecule has 0 radical (unpaired) electrons. The van der Waals surface area contributed by atoms with Crippen molar-refractivity contribution >= 4 is 17.8 Å². The Balaban J connectivity index is 0.000000149. The number of H-pyrrole nitrogens is 3. The fourth-order valence-corrected chi connectivity index (χ4v) is 12.8. The Bertz CT molecular complexity index is 4150. The number of aromatic nitrogens is 18. The minimum absolute atomic E-state index is 0.00403. The Kier molecular flexibility index (Phi) is 19.2. The van der Waals surface area contributed by atoms with E-state index < -0.39 is 27.9 Å². The molecule has 0 bridgehead atoms. The summed E-state index contributed by atoms with van der Waals surface area (Å²) in [6.07, 6.45) is 14.4. The number of esters is 1. The molecule has 0 spiro atoms. The van der Waals surface area contributed by atoms with E-state index in [9.17, 15) is 23.2 Å². The van der Waals surface area contributed by atoms with Gasteiger partial charge in [0.15, 0.2) is 23.3 Å². The van der Waals surface area contributed by atoms with E-state index in [1.165, 1.54) is 28.9 Å². The van der Waals surface area contributed by atoms with Crippen LogP contribution in [0.25, 0.3) is 11.6 Å². The summed E-state index contributed by atoms with van der Waals surface area (Å²) in [6, 6.07) is 18.8. The molecule has 3 aliphatic carbocycles. The molecule has 24 nitrogen and oxygen atoms in total. The van der Waals surface area contributed by atoms with Gasteiger partial charge in [0, 0.05) is 94.4 Å². The van der Waals surface area contributed by atoms with Gasteiger partial charge in [-0.2, -0.15) is 25.5 Å². The summed E-state index contributed by atoms with van der Waals surface area (Å²) in [5, 5.41) is 35.8. The van der Waals surface area contributed by atoms with E-state index in [1.54, 1.807) is 24.5 Å². The van der Waals surface area contributed by atoms with Gasteiger partial charge in [-0.25, -0.2) is 58.0 Å². The maximum absolute atomic E-state index is 13.2. The van der Waals surface area contributed by atoms with Crippen LogP contribution in [-0.2, 0) is 38.4 Å². The van der Waals surface area contributed by atoms with Gasteiger partial charge in [-0.3, -0.25) is 29.7 Å². The molecule has 3 fully saturated rings. The Hall–Kier alpha value is -10.1. The second kappa shape index (κ2) is 27.4. The lowest BCUT2D eigenvalue weighted by molar-refractivity contribution is -0.158. The van der Waals surface area contributed by atoms with Crippen molar-refractivity contribution in [2.45, 2.75) is 164 Å². The van der Waals surface area contributed by atoms with Gasteiger partial charge >= 0.3 is 5.97 Å². The number of pyridine rings is 2. The van der Waals surface area contributed by atoms with E-state index in [-0.39, 0.29) is 47.6 Å². The van der Waals surface area contributed by atoms with Crippen molar-refractivity contribution in [2.24, 2.45) is 16.2 Å². The zero-order chi connectivity index (χ0) is 67.5. The molecule has 2 amide bonds. The molecule has 10 aromatic heterocycles. The SMILES string of the molecule is COC(=O)C1(C)CC(c2nc(C)cc(Cc3cc(C)[nH]n3)n2)C1.Cc1cc(Cc2cc(C)[nH]n2)nc(C2CC(C)(C(=O)N[C@@H](C)c3ccc(-n4cc(F)cn4)nc3)C2)n1.Cc1cc(Cc2cc(C)[nH]n2)nc(C2CC(C)(C(=O)N[C@@H](C)c3ccc(-n4cc(F)cn4)nc3)C2)n1. The van der Waals surface area contributed by atoms with Crippen LogP contribution < -0.4 is 10.6 Å². The largest absolute Gasteiger partial charge is 0.469 e. The number of hydrogen-bond donors (Lipinski definition) is 5. The Morgan fingerprint density at radius 3 is 1.12 bits per heavy atom. The third kappa shape index (κ3) is 15.8. The average Bonchev–Trinajstić information content (AvgIpc) is 1.60. The number of carbonyl (C=O) groups is 3. The van der Waals surface area contributed by atoms with Crippen LogP contribution in [0.5, 0.6) is 0 Å². The van der Waals surface area contributed by atoms with Crippen LogP contribution in [0, 0.1) is 69.4 Å². The van der Waals surface area contributed by atoms with E-state index in [2.05, 4.69) is 76.3 Å². The third-order valence-electron chi connectivity index (χ3n) is 18.0. The van der Waals surface area contributed by atoms with E-state index in [4.69, 9.17) is 19.7 Å². The highest BCUT2D eigenvalue weighted by atomic mass is 19.1. The van der Waals surface area contributed by atoms with Crippen molar-refractivity contribution in [1.82, 2.24) is 101 Å². The number of nitrogens with zero attached hydrogens (tertiary/aromatic N) is 15. The summed E-state index contributed by atoms with van der Waals surface area (Å²) >= 11 is 0. The second-order valence-corrected chi connectivity index (χ2v) is 26.7. The van der Waals surface area contributed by atoms with Crippen molar-refractivity contribution in [2.75, 3.05) is 7.11 Å². The molecule has 3 saturated carbocycles. The maximum atomic E-state index is 13.2. The number of hydrogen-bond acceptors (Lipinski definition) is 17. The number of aromatic amines is 3. The van der Waals surface area contributed by atoms with E-state index in [1.807, 2.05) is 125 Å². The maximum Gasteiger partial charge on any atom is 0.311 e. The van der Waals surface area contributed by atoms with Gasteiger partial charge < -0.3 is 15.4 Å². The molecule has 0 aliphatic heterocycles. The Morgan fingerprint density at radius 2 is 0.842 bits per heavy atom. The highest BCUT2D eigenvalue weighted by Gasteiger charge is 2.50. The standard InChI is InChI=1S/2C26H29FN8O.C17H22N4O2/c2*1-15-7-21(9-22-8-16(2)33-34-22)32-24(30-15)19-10-26(4,11-19)25(36)31-17(3)18-5-6-23(28-12-18)35-14-20(27)13-29-35;1-10-5-13(7-14-6-11(2)20-21-14)19-15(18-10)12-8-17(3,9-12)16(22)23-4/h2*5-8,12-14,17,19H,9-11H2,1-4H3,(H,31,36)(H,33,34);5-6,12H,7-9H2,1-4H3,(H,20,21)/t2*17-,19?,26?;/m00./s1. The zero-order valence-corrected chi connectivity index (χ0v) is 55.6. The van der Waals surface area contributed by atoms with Crippen LogP contribution in [0.4, 0.5) is 8.78 Å². The lowest BCUT2D eigenvalue weighted by Gasteiger charge is -2.43. The number of amides is 2. The molecule has 10 aromatic rings.